The van der Waals surface area contributed by atoms with Crippen LogP contribution in [0.15, 0.2) is 72.9 Å². The number of hydrogen-bond acceptors (Lipinski definition) is 6. The number of methoxy groups -OCH3 is 2. The fourth-order valence-electron chi connectivity index (χ4n) is 4.97. The largest absolute Gasteiger partial charge is 0.493 e. The van der Waals surface area contributed by atoms with Crippen LogP contribution in [-0.2, 0) is 9.53 Å². The van der Waals surface area contributed by atoms with Crippen molar-refractivity contribution in [2.24, 2.45) is 5.92 Å². The molecule has 1 aliphatic rings. The molecule has 0 spiro atoms. The first-order valence-corrected chi connectivity index (χ1v) is 13.0. The van der Waals surface area contributed by atoms with Gasteiger partial charge in [0.1, 0.15) is 5.75 Å². The minimum Gasteiger partial charge on any atom is -0.493 e. The molecule has 2 atom stereocenters. The van der Waals surface area contributed by atoms with Gasteiger partial charge in [-0.05, 0) is 36.2 Å². The molecule has 0 N–H and O–H groups in total. The van der Waals surface area contributed by atoms with E-state index >= 15 is 4.39 Å². The van der Waals surface area contributed by atoms with Crippen molar-refractivity contribution >= 4 is 22.5 Å². The molecule has 3 aromatic carbocycles. The van der Waals surface area contributed by atoms with Gasteiger partial charge in [0.15, 0.2) is 23.1 Å². The summed E-state index contributed by atoms with van der Waals surface area (Å²) in [4.78, 5) is 19.0. The highest BCUT2D eigenvalue weighted by molar-refractivity contribution is 5.96. The Bertz CT molecular complexity index is 1460. The van der Waals surface area contributed by atoms with E-state index in [4.69, 9.17) is 18.9 Å². The van der Waals surface area contributed by atoms with E-state index in [1.807, 2.05) is 30.3 Å². The van der Waals surface area contributed by atoms with Crippen LogP contribution in [0.2, 0.25) is 0 Å². The summed E-state index contributed by atoms with van der Waals surface area (Å²) in [6.07, 6.45) is 2.59. The van der Waals surface area contributed by atoms with E-state index in [1.165, 1.54) is 6.07 Å². The number of pyridine rings is 1. The van der Waals surface area contributed by atoms with Gasteiger partial charge in [0.2, 0.25) is 5.91 Å². The van der Waals surface area contributed by atoms with Crippen LogP contribution in [0.3, 0.4) is 0 Å². The lowest BCUT2D eigenvalue weighted by molar-refractivity contribution is -0.117. The number of carbonyl (C=O) groups excluding carboxylic acids is 1. The molecule has 1 aromatic heterocycles. The molecular weight excluding hydrogens is 499 g/mol. The molecule has 2 heterocycles. The van der Waals surface area contributed by atoms with Crippen LogP contribution in [0, 0.1) is 11.7 Å². The Hall–Kier alpha value is -4.17. The molecule has 1 aliphatic heterocycles. The summed E-state index contributed by atoms with van der Waals surface area (Å²) < 4.78 is 38.2. The lowest BCUT2D eigenvalue weighted by atomic mass is 9.94. The van der Waals surface area contributed by atoms with Crippen molar-refractivity contribution in [1.82, 2.24) is 4.98 Å². The van der Waals surface area contributed by atoms with Crippen molar-refractivity contribution in [1.29, 1.82) is 0 Å². The first kappa shape index (κ1) is 26.4. The van der Waals surface area contributed by atoms with E-state index in [2.05, 4.69) is 11.9 Å². The second-order valence-electron chi connectivity index (χ2n) is 9.42. The maximum absolute atomic E-state index is 15.3. The van der Waals surface area contributed by atoms with Gasteiger partial charge >= 0.3 is 0 Å². The fourth-order valence-corrected chi connectivity index (χ4v) is 4.97. The van der Waals surface area contributed by atoms with Gasteiger partial charge in [-0.2, -0.15) is 0 Å². The Morgan fingerprint density at radius 1 is 0.974 bits per heavy atom. The average molecular weight is 531 g/mol. The number of anilines is 1. The quantitative estimate of drug-likeness (QED) is 0.227. The number of carbonyl (C=O) groups is 1. The fraction of sp³-hybridized carbons (Fsp3) is 0.290. The molecular formula is C31H31FN2O5. The number of nitrogens with zero attached hydrogens (tertiary/aromatic N) is 2. The molecule has 0 radical (unpaired) electrons. The molecule has 7 nitrogen and oxygen atoms in total. The second kappa shape index (κ2) is 11.7. The van der Waals surface area contributed by atoms with Crippen molar-refractivity contribution in [3.63, 3.8) is 0 Å². The topological polar surface area (TPSA) is 70.1 Å². The lowest BCUT2D eigenvalue weighted by Gasteiger charge is -2.24. The Labute approximate surface area is 227 Å². The maximum atomic E-state index is 15.3. The first-order valence-electron chi connectivity index (χ1n) is 13.0. The highest BCUT2D eigenvalue weighted by Crippen LogP contribution is 2.39. The van der Waals surface area contributed by atoms with E-state index in [0.717, 1.165) is 12.0 Å². The zero-order valence-electron chi connectivity index (χ0n) is 22.2. The number of amides is 1. The lowest BCUT2D eigenvalue weighted by Crippen LogP contribution is -2.26. The SMILES string of the molecule is CCCOC(c1ccccc1)C1CC(=O)N(c2ccc(Oc3ccnc4cc(OC)c(OC)cc34)c(F)c2)C1. The summed E-state index contributed by atoms with van der Waals surface area (Å²) in [6, 6.07) is 19.7. The highest BCUT2D eigenvalue weighted by atomic mass is 19.1. The third-order valence-electron chi connectivity index (χ3n) is 6.87. The molecule has 39 heavy (non-hydrogen) atoms. The number of benzene rings is 3. The molecule has 0 bridgehead atoms. The molecule has 5 rings (SSSR count). The minimum atomic E-state index is -0.573. The summed E-state index contributed by atoms with van der Waals surface area (Å²) in [5.41, 5.74) is 2.15. The van der Waals surface area contributed by atoms with E-state index in [1.54, 1.807) is 55.6 Å². The van der Waals surface area contributed by atoms with Gasteiger partial charge in [-0.15, -0.1) is 0 Å². The molecule has 0 aliphatic carbocycles. The number of halogens is 1. The maximum Gasteiger partial charge on any atom is 0.227 e. The molecule has 4 aromatic rings. The first-order chi connectivity index (χ1) is 19.0. The van der Waals surface area contributed by atoms with Gasteiger partial charge in [-0.1, -0.05) is 37.3 Å². The van der Waals surface area contributed by atoms with E-state index < -0.39 is 5.82 Å². The van der Waals surface area contributed by atoms with Crippen LogP contribution in [0.25, 0.3) is 10.9 Å². The molecule has 8 heteroatoms. The monoisotopic (exact) mass is 530 g/mol. The Morgan fingerprint density at radius 2 is 1.74 bits per heavy atom. The molecule has 1 amide bonds. The van der Waals surface area contributed by atoms with Gasteiger partial charge in [0.05, 0.1) is 25.8 Å². The predicted octanol–water partition coefficient (Wildman–Crippen LogP) is 6.70. The van der Waals surface area contributed by atoms with Crippen molar-refractivity contribution < 1.29 is 28.1 Å². The summed E-state index contributed by atoms with van der Waals surface area (Å²) in [5, 5.41) is 0.648. The standard InChI is InChI=1S/C31H31FN2O5/c1-4-14-38-31(20-8-6-5-7-9-20)21-15-30(35)34(19-21)22-10-11-27(24(32)16-22)39-26-12-13-33-25-18-29(37-3)28(36-2)17-23(25)26/h5-13,16-18,21,31H,4,14-15,19H2,1-3H3. The summed E-state index contributed by atoms with van der Waals surface area (Å²) >= 11 is 0. The summed E-state index contributed by atoms with van der Waals surface area (Å²) in [5.74, 6) is 0.833. The Morgan fingerprint density at radius 3 is 2.46 bits per heavy atom. The van der Waals surface area contributed by atoms with Crippen molar-refractivity contribution in [2.75, 3.05) is 32.3 Å². The predicted molar refractivity (Wildman–Crippen MR) is 147 cm³/mol. The summed E-state index contributed by atoms with van der Waals surface area (Å²) in [7, 11) is 3.09. The molecule has 1 saturated heterocycles. The molecule has 2 unspecified atom stereocenters. The number of hydrogen-bond donors (Lipinski definition) is 0. The molecule has 202 valence electrons. The highest BCUT2D eigenvalue weighted by Gasteiger charge is 2.37. The number of rotatable bonds is 10. The molecule has 1 fully saturated rings. The van der Waals surface area contributed by atoms with Gasteiger partial charge < -0.3 is 23.8 Å². The normalized spacial score (nSPS) is 15.9. The number of fused-ring (bicyclic) bond motifs is 1. The third-order valence-corrected chi connectivity index (χ3v) is 6.87. The van der Waals surface area contributed by atoms with Crippen LogP contribution >= 0.6 is 0 Å². The third kappa shape index (κ3) is 5.52. The van der Waals surface area contributed by atoms with E-state index in [9.17, 15) is 4.79 Å². The summed E-state index contributed by atoms with van der Waals surface area (Å²) in [6.45, 7) is 3.11. The van der Waals surface area contributed by atoms with Crippen LogP contribution < -0.4 is 19.1 Å². The average Bonchev–Trinajstić information content (AvgIpc) is 3.35. The zero-order chi connectivity index (χ0) is 27.4. The Kier molecular flexibility index (Phi) is 7.93. The second-order valence-corrected chi connectivity index (χ2v) is 9.42. The van der Waals surface area contributed by atoms with Crippen molar-refractivity contribution in [2.45, 2.75) is 25.9 Å². The smallest absolute Gasteiger partial charge is 0.227 e. The Balaban J connectivity index is 1.37. The number of ether oxygens (including phenoxy) is 4. The van der Waals surface area contributed by atoms with Crippen LogP contribution in [0.5, 0.6) is 23.0 Å². The van der Waals surface area contributed by atoms with Gasteiger partial charge in [0.25, 0.3) is 0 Å². The number of aromatic nitrogens is 1. The van der Waals surface area contributed by atoms with E-state index in [0.29, 0.717) is 53.4 Å². The van der Waals surface area contributed by atoms with Crippen molar-refractivity contribution in [3.05, 3.63) is 84.3 Å². The van der Waals surface area contributed by atoms with Crippen LogP contribution in [0.1, 0.15) is 31.4 Å². The zero-order valence-corrected chi connectivity index (χ0v) is 22.2. The molecule has 0 saturated carbocycles. The van der Waals surface area contributed by atoms with Gasteiger partial charge in [-0.3, -0.25) is 9.78 Å². The van der Waals surface area contributed by atoms with E-state index in [-0.39, 0.29) is 23.7 Å². The van der Waals surface area contributed by atoms with Crippen LogP contribution in [0.4, 0.5) is 10.1 Å². The van der Waals surface area contributed by atoms with Gasteiger partial charge in [-0.25, -0.2) is 4.39 Å². The van der Waals surface area contributed by atoms with Gasteiger partial charge in [0, 0.05) is 54.9 Å². The minimum absolute atomic E-state index is 0.0395. The van der Waals surface area contributed by atoms with Crippen LogP contribution in [-0.4, -0.2) is 38.3 Å². The van der Waals surface area contributed by atoms with Crippen molar-refractivity contribution in [3.8, 4) is 23.0 Å².